The monoisotopic (exact) mass is 442 g/mol. The smallest absolute Gasteiger partial charge is 0.261 e. The molecule has 136 valence electrons. The molecule has 0 radical (unpaired) electrons. The summed E-state index contributed by atoms with van der Waals surface area (Å²) in [6.07, 6.45) is 1.60. The van der Waals surface area contributed by atoms with Gasteiger partial charge in [-0.15, -0.1) is 0 Å². The Morgan fingerprint density at radius 3 is 2.78 bits per heavy atom. The van der Waals surface area contributed by atoms with Gasteiger partial charge in [-0.2, -0.15) is 0 Å². The van der Waals surface area contributed by atoms with E-state index in [-0.39, 0.29) is 12.5 Å². The van der Waals surface area contributed by atoms with Crippen LogP contribution in [0.25, 0.3) is 10.2 Å². The fourth-order valence-corrected chi connectivity index (χ4v) is 4.19. The van der Waals surface area contributed by atoms with Gasteiger partial charge in [0, 0.05) is 4.47 Å². The topological polar surface area (TPSA) is 55.6 Å². The number of rotatable bonds is 5. The highest BCUT2D eigenvalue weighted by Crippen LogP contribution is 2.35. The predicted octanol–water partition coefficient (Wildman–Crippen LogP) is 5.51. The molecule has 0 bridgehead atoms. The van der Waals surface area contributed by atoms with Crippen molar-refractivity contribution in [1.82, 2.24) is 4.98 Å². The number of furan rings is 1. The van der Waals surface area contributed by atoms with E-state index in [9.17, 15) is 4.79 Å². The fraction of sp³-hybridized carbons (Fsp3) is 0.100. The van der Waals surface area contributed by atoms with E-state index in [0.717, 1.165) is 14.7 Å². The Hall–Kier alpha value is -2.64. The van der Waals surface area contributed by atoms with Crippen molar-refractivity contribution >= 4 is 48.5 Å². The van der Waals surface area contributed by atoms with Crippen LogP contribution in [-0.2, 0) is 6.54 Å². The maximum atomic E-state index is 13.3. The molecule has 0 aliphatic heterocycles. The van der Waals surface area contributed by atoms with Crippen LogP contribution in [0.15, 0.2) is 69.8 Å². The predicted molar refractivity (Wildman–Crippen MR) is 110 cm³/mol. The van der Waals surface area contributed by atoms with Crippen LogP contribution in [0.1, 0.15) is 16.1 Å². The molecule has 27 heavy (non-hydrogen) atoms. The lowest BCUT2D eigenvalue weighted by molar-refractivity contribution is 0.0982. The Bertz CT molecular complexity index is 1090. The summed E-state index contributed by atoms with van der Waals surface area (Å²) >= 11 is 4.91. The van der Waals surface area contributed by atoms with Gasteiger partial charge < -0.3 is 9.15 Å². The molecule has 0 N–H and O–H groups in total. The average Bonchev–Trinajstić information content (AvgIpc) is 3.35. The number of fused-ring (bicyclic) bond motifs is 1. The summed E-state index contributed by atoms with van der Waals surface area (Å²) < 4.78 is 12.6. The molecular formula is C20H15BrN2O3S. The maximum Gasteiger partial charge on any atom is 0.261 e. The van der Waals surface area contributed by atoms with E-state index in [2.05, 4.69) is 20.9 Å². The normalized spacial score (nSPS) is 10.9. The van der Waals surface area contributed by atoms with E-state index in [1.165, 1.54) is 11.3 Å². The average molecular weight is 443 g/mol. The first-order valence-corrected chi connectivity index (χ1v) is 9.80. The summed E-state index contributed by atoms with van der Waals surface area (Å²) in [5.41, 5.74) is 1.31. The number of amides is 1. The number of anilines is 1. The number of hydrogen-bond donors (Lipinski definition) is 0. The van der Waals surface area contributed by atoms with E-state index >= 15 is 0 Å². The summed E-state index contributed by atoms with van der Waals surface area (Å²) in [6, 6.07) is 16.7. The standard InChI is InChI=1S/C20H15BrN2O3S/c1-25-16-9-4-10-17-18(16)22-20(27-17)23(12-13-6-5-11-26-13)19(24)14-7-2-3-8-15(14)21/h2-11H,12H2,1H3. The number of thiazole rings is 1. The van der Waals surface area contributed by atoms with Crippen molar-refractivity contribution < 1.29 is 13.9 Å². The van der Waals surface area contributed by atoms with Crippen LogP contribution in [0.4, 0.5) is 5.13 Å². The molecule has 0 unspecified atom stereocenters. The van der Waals surface area contributed by atoms with E-state index in [1.807, 2.05) is 42.5 Å². The SMILES string of the molecule is COc1cccc2sc(N(Cc3ccco3)C(=O)c3ccccc3Br)nc12. The second-order valence-electron chi connectivity index (χ2n) is 5.75. The minimum atomic E-state index is -0.156. The number of hydrogen-bond acceptors (Lipinski definition) is 5. The highest BCUT2D eigenvalue weighted by atomic mass is 79.9. The van der Waals surface area contributed by atoms with Crippen LogP contribution in [-0.4, -0.2) is 18.0 Å². The van der Waals surface area contributed by atoms with Crippen LogP contribution in [0.3, 0.4) is 0 Å². The van der Waals surface area contributed by atoms with Gasteiger partial charge in [-0.05, 0) is 52.3 Å². The number of halogens is 1. The number of para-hydroxylation sites is 1. The molecule has 0 fully saturated rings. The van der Waals surface area contributed by atoms with E-state index in [4.69, 9.17) is 9.15 Å². The van der Waals surface area contributed by atoms with Gasteiger partial charge in [0.05, 0.1) is 30.2 Å². The molecule has 0 atom stereocenters. The van der Waals surface area contributed by atoms with Gasteiger partial charge in [0.25, 0.3) is 5.91 Å². The largest absolute Gasteiger partial charge is 0.494 e. The van der Waals surface area contributed by atoms with Gasteiger partial charge in [0.2, 0.25) is 0 Å². The molecule has 5 nitrogen and oxygen atoms in total. The van der Waals surface area contributed by atoms with Gasteiger partial charge in [0.1, 0.15) is 17.0 Å². The van der Waals surface area contributed by atoms with Gasteiger partial charge in [-0.3, -0.25) is 9.69 Å². The Morgan fingerprint density at radius 2 is 2.04 bits per heavy atom. The molecule has 2 aromatic heterocycles. The highest BCUT2D eigenvalue weighted by Gasteiger charge is 2.24. The van der Waals surface area contributed by atoms with E-state index in [0.29, 0.717) is 22.2 Å². The van der Waals surface area contributed by atoms with Crippen molar-refractivity contribution in [2.75, 3.05) is 12.0 Å². The van der Waals surface area contributed by atoms with E-state index < -0.39 is 0 Å². The van der Waals surface area contributed by atoms with Crippen molar-refractivity contribution in [2.45, 2.75) is 6.54 Å². The third-order valence-electron chi connectivity index (χ3n) is 4.06. The number of ether oxygens (including phenoxy) is 1. The molecule has 0 aliphatic carbocycles. The first kappa shape index (κ1) is 17.8. The number of carbonyl (C=O) groups excluding carboxylic acids is 1. The fourth-order valence-electron chi connectivity index (χ4n) is 2.76. The minimum Gasteiger partial charge on any atom is -0.494 e. The van der Waals surface area contributed by atoms with Gasteiger partial charge >= 0.3 is 0 Å². The van der Waals surface area contributed by atoms with Crippen LogP contribution in [0, 0.1) is 0 Å². The van der Waals surface area contributed by atoms with Crippen molar-refractivity contribution in [3.8, 4) is 5.75 Å². The number of nitrogens with zero attached hydrogens (tertiary/aromatic N) is 2. The minimum absolute atomic E-state index is 0.156. The van der Waals surface area contributed by atoms with Gasteiger partial charge in [-0.25, -0.2) is 4.98 Å². The molecule has 2 aromatic carbocycles. The lowest BCUT2D eigenvalue weighted by atomic mass is 10.2. The number of methoxy groups -OCH3 is 1. The van der Waals surface area contributed by atoms with Crippen LogP contribution in [0.2, 0.25) is 0 Å². The van der Waals surface area contributed by atoms with Crippen molar-refractivity contribution in [2.24, 2.45) is 0 Å². The summed E-state index contributed by atoms with van der Waals surface area (Å²) in [7, 11) is 1.61. The molecule has 7 heteroatoms. The van der Waals surface area contributed by atoms with Gasteiger partial charge in [0.15, 0.2) is 5.13 Å². The van der Waals surface area contributed by atoms with Crippen LogP contribution < -0.4 is 9.64 Å². The number of aromatic nitrogens is 1. The zero-order valence-electron chi connectivity index (χ0n) is 14.4. The zero-order valence-corrected chi connectivity index (χ0v) is 16.8. The number of benzene rings is 2. The molecular weight excluding hydrogens is 428 g/mol. The van der Waals surface area contributed by atoms with E-state index in [1.54, 1.807) is 30.4 Å². The van der Waals surface area contributed by atoms with Crippen LogP contribution in [0.5, 0.6) is 5.75 Å². The summed E-state index contributed by atoms with van der Waals surface area (Å²) in [4.78, 5) is 19.6. The zero-order chi connectivity index (χ0) is 18.8. The lowest BCUT2D eigenvalue weighted by Gasteiger charge is -2.19. The first-order chi connectivity index (χ1) is 13.2. The third-order valence-corrected chi connectivity index (χ3v) is 5.80. The second-order valence-corrected chi connectivity index (χ2v) is 7.62. The molecule has 0 saturated heterocycles. The Labute approximate surface area is 168 Å². The first-order valence-electron chi connectivity index (χ1n) is 8.19. The molecule has 0 spiro atoms. The van der Waals surface area contributed by atoms with Crippen molar-refractivity contribution in [3.63, 3.8) is 0 Å². The summed E-state index contributed by atoms with van der Waals surface area (Å²) in [5.74, 6) is 1.21. The maximum absolute atomic E-state index is 13.3. The highest BCUT2D eigenvalue weighted by molar-refractivity contribution is 9.10. The quantitative estimate of drug-likeness (QED) is 0.408. The Morgan fingerprint density at radius 1 is 1.19 bits per heavy atom. The second kappa shape index (κ2) is 7.54. The van der Waals surface area contributed by atoms with Gasteiger partial charge in [-0.1, -0.05) is 29.5 Å². The molecule has 2 heterocycles. The summed E-state index contributed by atoms with van der Waals surface area (Å²) in [6.45, 7) is 0.287. The molecule has 0 aliphatic rings. The molecule has 1 amide bonds. The Balaban J connectivity index is 1.81. The molecule has 4 rings (SSSR count). The van der Waals surface area contributed by atoms with Crippen LogP contribution >= 0.6 is 27.3 Å². The molecule has 0 saturated carbocycles. The van der Waals surface area contributed by atoms with Crippen molar-refractivity contribution in [3.05, 3.63) is 76.7 Å². The summed E-state index contributed by atoms with van der Waals surface area (Å²) in [5, 5.41) is 0.589. The Kier molecular flexibility index (Phi) is 4.96. The number of carbonyl (C=O) groups is 1. The van der Waals surface area contributed by atoms with Crippen molar-refractivity contribution in [1.29, 1.82) is 0 Å². The lowest BCUT2D eigenvalue weighted by Crippen LogP contribution is -2.30. The third kappa shape index (κ3) is 3.48. The molecule has 4 aromatic rings.